The first kappa shape index (κ1) is 18.8. The fourth-order valence-electron chi connectivity index (χ4n) is 2.59. The Hall–Kier alpha value is -1.24. The van der Waals surface area contributed by atoms with Crippen LogP contribution in [0.1, 0.15) is 83.3 Å². The molecule has 1 nitrogen and oxygen atoms in total. The fourth-order valence-corrected chi connectivity index (χ4v) is 2.59. The highest BCUT2D eigenvalue weighted by atomic mass is 16.3. The Morgan fingerprint density at radius 1 is 0.818 bits per heavy atom. The van der Waals surface area contributed by atoms with E-state index in [9.17, 15) is 0 Å². The van der Waals surface area contributed by atoms with Gasteiger partial charge < -0.3 is 4.42 Å². The van der Waals surface area contributed by atoms with E-state index in [1.165, 1.54) is 70.6 Å². The average molecular weight is 303 g/mol. The molecule has 0 fully saturated rings. The SMILES string of the molecule is CCCCC/C=C\C=C\CCCCCCCCc1ccco1. The second-order valence-electron chi connectivity index (χ2n) is 6.09. The van der Waals surface area contributed by atoms with Crippen molar-refractivity contribution in [3.05, 3.63) is 48.5 Å². The Morgan fingerprint density at radius 3 is 2.09 bits per heavy atom. The highest BCUT2D eigenvalue weighted by Gasteiger charge is 1.95. The maximum absolute atomic E-state index is 5.34. The number of unbranched alkanes of at least 4 members (excludes halogenated alkanes) is 9. The number of hydrogen-bond donors (Lipinski definition) is 0. The predicted molar refractivity (Wildman–Crippen MR) is 97.2 cm³/mol. The monoisotopic (exact) mass is 302 g/mol. The van der Waals surface area contributed by atoms with E-state index in [1.54, 1.807) is 6.26 Å². The highest BCUT2D eigenvalue weighted by molar-refractivity contribution is 5.02. The van der Waals surface area contributed by atoms with Gasteiger partial charge in [-0.05, 0) is 44.2 Å². The molecule has 0 aliphatic rings. The number of aryl methyl sites for hydroxylation is 1. The van der Waals surface area contributed by atoms with Gasteiger partial charge in [-0.1, -0.05) is 69.8 Å². The minimum absolute atomic E-state index is 1.10. The van der Waals surface area contributed by atoms with E-state index in [0.29, 0.717) is 0 Å². The van der Waals surface area contributed by atoms with Gasteiger partial charge in [0.05, 0.1) is 6.26 Å². The zero-order valence-corrected chi connectivity index (χ0v) is 14.4. The Morgan fingerprint density at radius 2 is 1.45 bits per heavy atom. The van der Waals surface area contributed by atoms with Gasteiger partial charge in [0.25, 0.3) is 0 Å². The van der Waals surface area contributed by atoms with Crippen molar-refractivity contribution >= 4 is 0 Å². The van der Waals surface area contributed by atoms with Crippen molar-refractivity contribution in [3.63, 3.8) is 0 Å². The molecule has 0 aliphatic heterocycles. The molecule has 124 valence electrons. The molecule has 0 radical (unpaired) electrons. The Kier molecular flexibility index (Phi) is 12.6. The number of hydrogen-bond acceptors (Lipinski definition) is 1. The maximum Gasteiger partial charge on any atom is 0.103 e. The summed E-state index contributed by atoms with van der Waals surface area (Å²) < 4.78 is 5.34. The van der Waals surface area contributed by atoms with Crippen LogP contribution in [0.25, 0.3) is 0 Å². The van der Waals surface area contributed by atoms with Crippen LogP contribution in [0.2, 0.25) is 0 Å². The van der Waals surface area contributed by atoms with Crippen molar-refractivity contribution in [1.29, 1.82) is 0 Å². The van der Waals surface area contributed by atoms with Crippen molar-refractivity contribution < 1.29 is 4.42 Å². The molecule has 0 saturated carbocycles. The molecule has 1 aromatic heterocycles. The third kappa shape index (κ3) is 11.4. The van der Waals surface area contributed by atoms with E-state index >= 15 is 0 Å². The number of furan rings is 1. The van der Waals surface area contributed by atoms with E-state index in [1.807, 2.05) is 6.07 Å². The molecular weight excluding hydrogens is 268 g/mol. The molecule has 1 rings (SSSR count). The minimum atomic E-state index is 1.10. The van der Waals surface area contributed by atoms with Crippen LogP contribution in [-0.2, 0) is 6.42 Å². The third-order valence-electron chi connectivity index (χ3n) is 3.98. The van der Waals surface area contributed by atoms with Gasteiger partial charge in [-0.25, -0.2) is 0 Å². The molecular formula is C21H34O. The maximum atomic E-state index is 5.34. The van der Waals surface area contributed by atoms with Crippen LogP contribution in [0.5, 0.6) is 0 Å². The van der Waals surface area contributed by atoms with E-state index in [4.69, 9.17) is 4.42 Å². The summed E-state index contributed by atoms with van der Waals surface area (Å²) in [6.07, 6.45) is 26.4. The summed E-state index contributed by atoms with van der Waals surface area (Å²) in [6.45, 7) is 2.25. The lowest BCUT2D eigenvalue weighted by Crippen LogP contribution is -1.83. The molecule has 1 heteroatoms. The van der Waals surface area contributed by atoms with Crippen LogP contribution in [0, 0.1) is 0 Å². The molecule has 0 spiro atoms. The van der Waals surface area contributed by atoms with Crippen LogP contribution in [-0.4, -0.2) is 0 Å². The van der Waals surface area contributed by atoms with Gasteiger partial charge in [0.2, 0.25) is 0 Å². The molecule has 0 N–H and O–H groups in total. The minimum Gasteiger partial charge on any atom is -0.469 e. The Bertz CT molecular complexity index is 373. The summed E-state index contributed by atoms with van der Waals surface area (Å²) in [5.74, 6) is 1.13. The largest absolute Gasteiger partial charge is 0.469 e. The normalized spacial score (nSPS) is 11.9. The zero-order chi connectivity index (χ0) is 15.7. The smallest absolute Gasteiger partial charge is 0.103 e. The topological polar surface area (TPSA) is 13.1 Å². The predicted octanol–water partition coefficient (Wildman–Crippen LogP) is 7.25. The Labute approximate surface area is 137 Å². The second-order valence-corrected chi connectivity index (χ2v) is 6.09. The third-order valence-corrected chi connectivity index (χ3v) is 3.98. The van der Waals surface area contributed by atoms with Crippen LogP contribution in [0.4, 0.5) is 0 Å². The van der Waals surface area contributed by atoms with Crippen molar-refractivity contribution in [1.82, 2.24) is 0 Å². The van der Waals surface area contributed by atoms with Crippen molar-refractivity contribution in [2.75, 3.05) is 0 Å². The van der Waals surface area contributed by atoms with Gasteiger partial charge in [-0.3, -0.25) is 0 Å². The molecule has 0 atom stereocenters. The second kappa shape index (κ2) is 14.7. The molecule has 1 aromatic rings. The lowest BCUT2D eigenvalue weighted by Gasteiger charge is -2.00. The lowest BCUT2D eigenvalue weighted by molar-refractivity contribution is 0.491. The summed E-state index contributed by atoms with van der Waals surface area (Å²) in [7, 11) is 0. The van der Waals surface area contributed by atoms with E-state index in [2.05, 4.69) is 37.3 Å². The standard InChI is InChI=1S/C21H34O/c1-2-3-4-5-6-7-8-9-10-11-12-13-14-15-16-18-21-19-17-20-22-21/h6-9,17,19-20H,2-5,10-16,18H2,1H3/b7-6-,9-8+. The highest BCUT2D eigenvalue weighted by Crippen LogP contribution is 2.11. The van der Waals surface area contributed by atoms with Crippen LogP contribution in [0.15, 0.2) is 47.1 Å². The van der Waals surface area contributed by atoms with Crippen LogP contribution >= 0.6 is 0 Å². The van der Waals surface area contributed by atoms with Crippen LogP contribution in [0.3, 0.4) is 0 Å². The summed E-state index contributed by atoms with van der Waals surface area (Å²) in [5.41, 5.74) is 0. The van der Waals surface area contributed by atoms with Crippen LogP contribution < -0.4 is 0 Å². The average Bonchev–Trinajstić information content (AvgIpc) is 3.04. The van der Waals surface area contributed by atoms with Gasteiger partial charge in [0, 0.05) is 6.42 Å². The van der Waals surface area contributed by atoms with E-state index < -0.39 is 0 Å². The molecule has 0 aliphatic carbocycles. The number of rotatable bonds is 14. The molecule has 22 heavy (non-hydrogen) atoms. The van der Waals surface area contributed by atoms with Crippen molar-refractivity contribution in [3.8, 4) is 0 Å². The first-order chi connectivity index (χ1) is 10.9. The van der Waals surface area contributed by atoms with Gasteiger partial charge in [-0.2, -0.15) is 0 Å². The quantitative estimate of drug-likeness (QED) is 0.260. The molecule has 0 amide bonds. The summed E-state index contributed by atoms with van der Waals surface area (Å²) >= 11 is 0. The van der Waals surface area contributed by atoms with Crippen molar-refractivity contribution in [2.45, 2.75) is 84.0 Å². The van der Waals surface area contributed by atoms with Gasteiger partial charge in [0.15, 0.2) is 0 Å². The summed E-state index contributed by atoms with van der Waals surface area (Å²) in [5, 5.41) is 0. The fraction of sp³-hybridized carbons (Fsp3) is 0.619. The van der Waals surface area contributed by atoms with E-state index in [0.717, 1.165) is 12.2 Å². The Balaban J connectivity index is 1.79. The van der Waals surface area contributed by atoms with Gasteiger partial charge in [0.1, 0.15) is 5.76 Å². The molecule has 1 heterocycles. The van der Waals surface area contributed by atoms with Gasteiger partial charge >= 0.3 is 0 Å². The summed E-state index contributed by atoms with van der Waals surface area (Å²) in [4.78, 5) is 0. The molecule has 0 aromatic carbocycles. The number of allylic oxidation sites excluding steroid dienone is 4. The lowest BCUT2D eigenvalue weighted by atomic mass is 10.1. The van der Waals surface area contributed by atoms with E-state index in [-0.39, 0.29) is 0 Å². The first-order valence-electron chi connectivity index (χ1n) is 9.27. The van der Waals surface area contributed by atoms with Crippen molar-refractivity contribution in [2.24, 2.45) is 0 Å². The molecule has 0 bridgehead atoms. The molecule has 0 unspecified atom stereocenters. The molecule has 0 saturated heterocycles. The first-order valence-corrected chi connectivity index (χ1v) is 9.27. The summed E-state index contributed by atoms with van der Waals surface area (Å²) in [6, 6.07) is 4.05. The zero-order valence-electron chi connectivity index (χ0n) is 14.4. The van der Waals surface area contributed by atoms with Gasteiger partial charge in [-0.15, -0.1) is 0 Å².